The number of carbonyl (C=O) groups is 1. The molecule has 1 fully saturated rings. The van der Waals surface area contributed by atoms with Crippen molar-refractivity contribution in [3.05, 3.63) is 0 Å². The molecule has 0 aromatic rings. The van der Waals surface area contributed by atoms with Crippen LogP contribution < -0.4 is 0 Å². The Morgan fingerprint density at radius 2 is 2.20 bits per heavy atom. The van der Waals surface area contributed by atoms with E-state index in [0.29, 0.717) is 0 Å². The van der Waals surface area contributed by atoms with E-state index in [2.05, 4.69) is 0 Å². The predicted octanol–water partition coefficient (Wildman–Crippen LogP) is 1.68. The van der Waals surface area contributed by atoms with Gasteiger partial charge < -0.3 is 14.6 Å². The monoisotopic (exact) mass is 216 g/mol. The van der Waals surface area contributed by atoms with E-state index in [1.54, 1.807) is 0 Å². The molecule has 0 aromatic carbocycles. The Morgan fingerprint density at radius 3 is 2.60 bits per heavy atom. The molecule has 15 heavy (non-hydrogen) atoms. The molecule has 1 aliphatic heterocycles. The third kappa shape index (κ3) is 2.69. The zero-order valence-electron chi connectivity index (χ0n) is 9.66. The number of aliphatic carboxylic acids is 1. The van der Waals surface area contributed by atoms with Gasteiger partial charge in [0.1, 0.15) is 0 Å². The second-order valence-electron chi connectivity index (χ2n) is 4.63. The summed E-state index contributed by atoms with van der Waals surface area (Å²) >= 11 is 0. The van der Waals surface area contributed by atoms with Crippen LogP contribution in [-0.2, 0) is 14.3 Å². The molecule has 2 atom stereocenters. The molecule has 1 heterocycles. The highest BCUT2D eigenvalue weighted by Crippen LogP contribution is 2.34. The topological polar surface area (TPSA) is 55.8 Å². The van der Waals surface area contributed by atoms with E-state index in [4.69, 9.17) is 14.6 Å². The highest BCUT2D eigenvalue weighted by atomic mass is 16.5. The number of methoxy groups -OCH3 is 1. The molecule has 4 heteroatoms. The molecule has 1 aliphatic rings. The number of hydrogen-bond acceptors (Lipinski definition) is 3. The lowest BCUT2D eigenvalue weighted by atomic mass is 9.77. The first-order valence-electron chi connectivity index (χ1n) is 5.37. The van der Waals surface area contributed by atoms with Gasteiger partial charge in [-0.2, -0.15) is 0 Å². The molecule has 88 valence electrons. The van der Waals surface area contributed by atoms with E-state index < -0.39 is 17.5 Å². The number of rotatable bonds is 4. The summed E-state index contributed by atoms with van der Waals surface area (Å²) in [6.45, 7) is 4.51. The van der Waals surface area contributed by atoms with Crippen molar-refractivity contribution in [2.45, 2.75) is 45.3 Å². The van der Waals surface area contributed by atoms with Crippen LogP contribution >= 0.6 is 0 Å². The zero-order valence-corrected chi connectivity index (χ0v) is 9.66. The molecule has 1 rings (SSSR count). The van der Waals surface area contributed by atoms with Crippen LogP contribution in [0.15, 0.2) is 0 Å². The average molecular weight is 216 g/mol. The summed E-state index contributed by atoms with van der Waals surface area (Å²) in [5.41, 5.74) is -0.485. The van der Waals surface area contributed by atoms with E-state index in [-0.39, 0.29) is 6.10 Å². The quantitative estimate of drug-likeness (QED) is 0.776. The highest BCUT2D eigenvalue weighted by Gasteiger charge is 2.43. The maximum atomic E-state index is 11.0. The lowest BCUT2D eigenvalue weighted by Crippen LogP contribution is -2.48. The van der Waals surface area contributed by atoms with Gasteiger partial charge in [-0.25, -0.2) is 4.79 Å². The van der Waals surface area contributed by atoms with Crippen molar-refractivity contribution in [1.82, 2.24) is 0 Å². The molecule has 4 nitrogen and oxygen atoms in total. The molecule has 0 aromatic heterocycles. The normalized spacial score (nSPS) is 24.9. The molecule has 1 N–H and O–H groups in total. The smallest absolute Gasteiger partial charge is 0.333 e. The van der Waals surface area contributed by atoms with Crippen LogP contribution in [0, 0.1) is 5.41 Å². The molecule has 0 amide bonds. The Bertz CT molecular complexity index is 219. The van der Waals surface area contributed by atoms with E-state index in [9.17, 15) is 4.79 Å². The number of carboxylic acids is 1. The maximum absolute atomic E-state index is 11.0. The van der Waals surface area contributed by atoms with Gasteiger partial charge in [0.15, 0.2) is 6.10 Å². The molecule has 0 radical (unpaired) electrons. The standard InChI is InChI=1S/C11H20O4/c1-11(2,9(14-3)10(12)13)8-6-4-5-7-15-8/h8-9H,4-7H2,1-3H3,(H,12,13). The van der Waals surface area contributed by atoms with Gasteiger partial charge in [-0.3, -0.25) is 0 Å². The molecule has 0 bridgehead atoms. The first-order chi connectivity index (χ1) is 7.00. The van der Waals surface area contributed by atoms with Crippen LogP contribution in [-0.4, -0.2) is 37.0 Å². The van der Waals surface area contributed by atoms with Crippen molar-refractivity contribution in [1.29, 1.82) is 0 Å². The first-order valence-corrected chi connectivity index (χ1v) is 5.37. The fourth-order valence-corrected chi connectivity index (χ4v) is 2.22. The Labute approximate surface area is 90.6 Å². The second kappa shape index (κ2) is 4.94. The lowest BCUT2D eigenvalue weighted by Gasteiger charge is -2.39. The Hall–Kier alpha value is -0.610. The summed E-state index contributed by atoms with van der Waals surface area (Å²) in [7, 11) is 1.43. The summed E-state index contributed by atoms with van der Waals surface area (Å²) in [5, 5.41) is 9.06. The number of hydrogen-bond donors (Lipinski definition) is 1. The largest absolute Gasteiger partial charge is 0.479 e. The van der Waals surface area contributed by atoms with E-state index in [1.807, 2.05) is 13.8 Å². The molecule has 0 saturated carbocycles. The van der Waals surface area contributed by atoms with Gasteiger partial charge in [0, 0.05) is 19.1 Å². The van der Waals surface area contributed by atoms with Crippen LogP contribution in [0.5, 0.6) is 0 Å². The third-order valence-electron chi connectivity index (χ3n) is 3.15. The van der Waals surface area contributed by atoms with Gasteiger partial charge in [0.25, 0.3) is 0 Å². The van der Waals surface area contributed by atoms with Gasteiger partial charge in [-0.1, -0.05) is 13.8 Å². The van der Waals surface area contributed by atoms with Gasteiger partial charge in [0.2, 0.25) is 0 Å². The van der Waals surface area contributed by atoms with Gasteiger partial charge in [0.05, 0.1) is 6.10 Å². The summed E-state index contributed by atoms with van der Waals surface area (Å²) in [6, 6.07) is 0. The van der Waals surface area contributed by atoms with Gasteiger partial charge in [-0.15, -0.1) is 0 Å². The average Bonchev–Trinajstić information content (AvgIpc) is 2.19. The first kappa shape index (κ1) is 12.5. The highest BCUT2D eigenvalue weighted by molar-refractivity contribution is 5.73. The minimum atomic E-state index is -0.920. The van der Waals surface area contributed by atoms with Crippen LogP contribution in [0.2, 0.25) is 0 Å². The Balaban J connectivity index is 2.73. The fraction of sp³-hybridized carbons (Fsp3) is 0.909. The van der Waals surface area contributed by atoms with E-state index in [1.165, 1.54) is 7.11 Å². The van der Waals surface area contributed by atoms with Crippen molar-refractivity contribution < 1.29 is 19.4 Å². The minimum absolute atomic E-state index is 0.0210. The van der Waals surface area contributed by atoms with E-state index >= 15 is 0 Å². The SMILES string of the molecule is COC(C(=O)O)C(C)(C)C1CCCCO1. The molecule has 0 spiro atoms. The molecular formula is C11H20O4. The summed E-state index contributed by atoms with van der Waals surface area (Å²) in [4.78, 5) is 11.0. The Kier molecular flexibility index (Phi) is 4.11. The van der Waals surface area contributed by atoms with Crippen molar-refractivity contribution in [3.8, 4) is 0 Å². The lowest BCUT2D eigenvalue weighted by molar-refractivity contribution is -0.168. The number of carboxylic acid groups (broad SMARTS) is 1. The van der Waals surface area contributed by atoms with Crippen molar-refractivity contribution in [2.24, 2.45) is 5.41 Å². The summed E-state index contributed by atoms with van der Waals surface area (Å²) in [5.74, 6) is -0.920. The zero-order chi connectivity index (χ0) is 11.5. The van der Waals surface area contributed by atoms with Gasteiger partial charge >= 0.3 is 5.97 Å². The van der Waals surface area contributed by atoms with Crippen LogP contribution in [0.25, 0.3) is 0 Å². The maximum Gasteiger partial charge on any atom is 0.333 e. The molecular weight excluding hydrogens is 196 g/mol. The van der Waals surface area contributed by atoms with Crippen LogP contribution in [0.4, 0.5) is 0 Å². The second-order valence-corrected chi connectivity index (χ2v) is 4.63. The van der Waals surface area contributed by atoms with E-state index in [0.717, 1.165) is 25.9 Å². The molecule has 2 unspecified atom stereocenters. The van der Waals surface area contributed by atoms with Gasteiger partial charge in [-0.05, 0) is 19.3 Å². The predicted molar refractivity (Wildman–Crippen MR) is 55.8 cm³/mol. The van der Waals surface area contributed by atoms with Crippen molar-refractivity contribution in [3.63, 3.8) is 0 Å². The minimum Gasteiger partial charge on any atom is -0.479 e. The Morgan fingerprint density at radius 1 is 1.53 bits per heavy atom. The summed E-state index contributed by atoms with van der Waals surface area (Å²) < 4.78 is 10.7. The molecule has 1 saturated heterocycles. The number of ether oxygens (including phenoxy) is 2. The van der Waals surface area contributed by atoms with Crippen LogP contribution in [0.1, 0.15) is 33.1 Å². The summed E-state index contributed by atoms with van der Waals surface area (Å²) in [6.07, 6.45) is 2.26. The van der Waals surface area contributed by atoms with Crippen LogP contribution in [0.3, 0.4) is 0 Å². The third-order valence-corrected chi connectivity index (χ3v) is 3.15. The van der Waals surface area contributed by atoms with Crippen molar-refractivity contribution in [2.75, 3.05) is 13.7 Å². The fourth-order valence-electron chi connectivity index (χ4n) is 2.22. The van der Waals surface area contributed by atoms with Crippen molar-refractivity contribution >= 4 is 5.97 Å². The molecule has 0 aliphatic carbocycles.